The zero-order chi connectivity index (χ0) is 29.6. The second-order valence-corrected chi connectivity index (χ2v) is 13.8. The van der Waals surface area contributed by atoms with E-state index in [9.17, 15) is 32.3 Å². The second kappa shape index (κ2) is 10.9. The van der Waals surface area contributed by atoms with E-state index in [4.69, 9.17) is 4.42 Å². The fourth-order valence-corrected chi connectivity index (χ4v) is 7.05. The molecule has 0 bridgehead atoms. The van der Waals surface area contributed by atoms with Gasteiger partial charge in [0.15, 0.2) is 0 Å². The number of anilines is 1. The van der Waals surface area contributed by atoms with E-state index in [2.05, 4.69) is 21.3 Å². The van der Waals surface area contributed by atoms with Crippen molar-refractivity contribution in [2.75, 3.05) is 29.5 Å². The lowest BCUT2D eigenvalue weighted by Gasteiger charge is -2.41. The number of nitriles is 1. The van der Waals surface area contributed by atoms with Crippen LogP contribution in [0.3, 0.4) is 0 Å². The predicted molar refractivity (Wildman–Crippen MR) is 153 cm³/mol. The highest BCUT2D eigenvalue weighted by Crippen LogP contribution is 2.46. The Morgan fingerprint density at radius 2 is 1.83 bits per heavy atom. The number of nitrogens with one attached hydrogen (secondary N) is 1. The number of hydrogen-bond acceptors (Lipinski definition) is 7. The molecule has 2 aliphatic carbocycles. The highest BCUT2D eigenvalue weighted by atomic mass is 32.3. The summed E-state index contributed by atoms with van der Waals surface area (Å²) in [5.41, 5.74) is 0.911. The zero-order valence-corrected chi connectivity index (χ0v) is 23.5. The minimum Gasteiger partial charge on any atom is -0.440 e. The quantitative estimate of drug-likeness (QED) is 0.306. The third-order valence-corrected chi connectivity index (χ3v) is 10.2. The Hall–Kier alpha value is -3.53. The molecule has 1 aromatic heterocycles. The summed E-state index contributed by atoms with van der Waals surface area (Å²) < 4.78 is 69.2. The smallest absolute Gasteiger partial charge is 0.229 e. The molecular weight excluding hydrogens is 569 g/mol. The number of carbonyl (C=O) groups excluding carboxylic acids is 1. The van der Waals surface area contributed by atoms with Crippen molar-refractivity contribution in [3.63, 3.8) is 0 Å². The number of halogens is 3. The lowest BCUT2D eigenvalue weighted by molar-refractivity contribution is -0.128. The molecule has 2 heterocycles. The van der Waals surface area contributed by atoms with Gasteiger partial charge < -0.3 is 14.6 Å². The standard InChI is InChI=1S/C30H31F3N4O4S/c31-19-3-7-22(24(15-19)28(38)36-30(17-34)9-10-30)27-26(35-29(41-27)23-8-4-20(32)16-25(23)33)18-1-5-21(6-2-18)37-11-13-42(39,40)14-12-37/h1-2,4-6,8,16,19,22,24,39-40H,3,7,9-15H2,(H,36,38)/t19-,22+,24+/m0/s1. The summed E-state index contributed by atoms with van der Waals surface area (Å²) in [6.45, 7) is 0.997. The van der Waals surface area contributed by atoms with Gasteiger partial charge in [-0.05, 0) is 56.4 Å². The average molecular weight is 601 g/mol. The van der Waals surface area contributed by atoms with Crippen LogP contribution in [0.25, 0.3) is 22.7 Å². The number of hydrogen-bond donors (Lipinski definition) is 3. The van der Waals surface area contributed by atoms with Crippen LogP contribution in [0, 0.1) is 28.9 Å². The Bertz CT molecular complexity index is 1530. The number of alkyl halides is 1. The fraction of sp³-hybridized carbons (Fsp3) is 0.433. The molecule has 2 aromatic carbocycles. The number of benzene rings is 2. The first-order valence-corrected chi connectivity index (χ1v) is 15.9. The molecule has 1 aliphatic heterocycles. The maximum absolute atomic E-state index is 14.8. The van der Waals surface area contributed by atoms with E-state index in [0.717, 1.165) is 17.8 Å². The molecule has 12 heteroatoms. The highest BCUT2D eigenvalue weighted by Gasteiger charge is 2.48. The van der Waals surface area contributed by atoms with Crippen LogP contribution in [0.4, 0.5) is 18.9 Å². The summed E-state index contributed by atoms with van der Waals surface area (Å²) >= 11 is 0. The van der Waals surface area contributed by atoms with Gasteiger partial charge in [-0.1, -0.05) is 12.1 Å². The van der Waals surface area contributed by atoms with Gasteiger partial charge in [-0.15, -0.1) is 0 Å². The van der Waals surface area contributed by atoms with Gasteiger partial charge in [0.05, 0.1) is 29.1 Å². The van der Waals surface area contributed by atoms with Crippen molar-refractivity contribution in [1.29, 1.82) is 5.26 Å². The average Bonchev–Trinajstić information content (AvgIpc) is 3.61. The summed E-state index contributed by atoms with van der Waals surface area (Å²) in [5.74, 6) is -2.63. The first kappa shape index (κ1) is 28.6. The molecule has 1 amide bonds. The second-order valence-electron chi connectivity index (χ2n) is 11.4. The zero-order valence-electron chi connectivity index (χ0n) is 22.7. The van der Waals surface area contributed by atoms with Crippen molar-refractivity contribution in [2.45, 2.75) is 49.7 Å². The molecular formula is C30H31F3N4O4S. The minimum absolute atomic E-state index is 0.0468. The third-order valence-electron chi connectivity index (χ3n) is 8.48. The van der Waals surface area contributed by atoms with E-state index in [1.165, 1.54) is 6.07 Å². The van der Waals surface area contributed by atoms with Gasteiger partial charge >= 0.3 is 0 Å². The predicted octanol–water partition coefficient (Wildman–Crippen LogP) is 6.25. The number of aromatic nitrogens is 1. The molecule has 42 heavy (non-hydrogen) atoms. The van der Waals surface area contributed by atoms with E-state index in [-0.39, 0.29) is 30.7 Å². The number of rotatable bonds is 6. The molecule has 0 spiro atoms. The normalized spacial score (nSPS) is 25.3. The van der Waals surface area contributed by atoms with E-state index in [0.29, 0.717) is 54.5 Å². The Labute approximate surface area is 242 Å². The van der Waals surface area contributed by atoms with Gasteiger partial charge in [0, 0.05) is 36.3 Å². The summed E-state index contributed by atoms with van der Waals surface area (Å²) in [6.07, 6.45) is 0.309. The van der Waals surface area contributed by atoms with Gasteiger partial charge in [-0.25, -0.2) is 18.2 Å². The summed E-state index contributed by atoms with van der Waals surface area (Å²) in [4.78, 5) is 20.1. The van der Waals surface area contributed by atoms with Crippen LogP contribution >= 0.6 is 10.6 Å². The molecule has 6 rings (SSSR count). The number of amides is 1. The minimum atomic E-state index is -2.54. The fourth-order valence-electron chi connectivity index (χ4n) is 5.82. The monoisotopic (exact) mass is 600 g/mol. The van der Waals surface area contributed by atoms with Crippen LogP contribution in [0.5, 0.6) is 0 Å². The topological polar surface area (TPSA) is 123 Å². The Kier molecular flexibility index (Phi) is 7.45. The maximum atomic E-state index is 14.8. The SMILES string of the molecule is N#CC1(NC(=O)[C@@H]2C[C@@H](F)CC[C@H]2c2oc(-c3ccc(F)cc3F)nc2-c2ccc(N3CCS(O)(O)CC3)cc2)CC1. The van der Waals surface area contributed by atoms with Crippen molar-refractivity contribution in [3.05, 3.63) is 59.9 Å². The van der Waals surface area contributed by atoms with E-state index >= 15 is 0 Å². The lowest BCUT2D eigenvalue weighted by Crippen LogP contribution is -2.44. The molecule has 0 radical (unpaired) electrons. The van der Waals surface area contributed by atoms with E-state index < -0.39 is 51.7 Å². The van der Waals surface area contributed by atoms with Crippen LogP contribution in [-0.2, 0) is 4.79 Å². The molecule has 3 atom stereocenters. The Morgan fingerprint density at radius 1 is 1.12 bits per heavy atom. The molecule has 8 nitrogen and oxygen atoms in total. The van der Waals surface area contributed by atoms with E-state index in [1.807, 2.05) is 24.3 Å². The van der Waals surface area contributed by atoms with Crippen LogP contribution < -0.4 is 10.2 Å². The summed E-state index contributed by atoms with van der Waals surface area (Å²) in [5, 5.41) is 12.3. The molecule has 3 aromatic rings. The number of oxazole rings is 1. The van der Waals surface area contributed by atoms with Gasteiger partial charge in [0.1, 0.15) is 34.8 Å². The Balaban J connectivity index is 1.37. The van der Waals surface area contributed by atoms with Gasteiger partial charge in [-0.3, -0.25) is 13.9 Å². The van der Waals surface area contributed by atoms with Gasteiger partial charge in [-0.2, -0.15) is 15.9 Å². The number of carbonyl (C=O) groups is 1. The van der Waals surface area contributed by atoms with Crippen molar-refractivity contribution < 1.29 is 31.5 Å². The molecule has 222 valence electrons. The van der Waals surface area contributed by atoms with Crippen molar-refractivity contribution in [3.8, 4) is 28.8 Å². The van der Waals surface area contributed by atoms with Crippen molar-refractivity contribution in [2.24, 2.45) is 5.92 Å². The largest absolute Gasteiger partial charge is 0.440 e. The van der Waals surface area contributed by atoms with Gasteiger partial charge in [0.2, 0.25) is 11.8 Å². The first-order chi connectivity index (χ1) is 20.1. The third kappa shape index (κ3) is 5.73. The molecule has 0 unspecified atom stereocenters. The summed E-state index contributed by atoms with van der Waals surface area (Å²) in [7, 11) is -2.54. The van der Waals surface area contributed by atoms with Crippen molar-refractivity contribution in [1.82, 2.24) is 10.3 Å². The highest BCUT2D eigenvalue weighted by molar-refractivity contribution is 8.24. The Morgan fingerprint density at radius 3 is 2.48 bits per heavy atom. The first-order valence-electron chi connectivity index (χ1n) is 14.0. The summed E-state index contributed by atoms with van der Waals surface area (Å²) in [6, 6.07) is 12.6. The van der Waals surface area contributed by atoms with Crippen LogP contribution in [0.15, 0.2) is 46.9 Å². The molecule has 3 fully saturated rings. The van der Waals surface area contributed by atoms with Crippen molar-refractivity contribution >= 4 is 22.2 Å². The number of nitrogens with zero attached hydrogens (tertiary/aromatic N) is 3. The van der Waals surface area contributed by atoms with Crippen LogP contribution in [0.1, 0.15) is 43.8 Å². The molecule has 3 aliphatic rings. The molecule has 1 saturated heterocycles. The maximum Gasteiger partial charge on any atom is 0.229 e. The van der Waals surface area contributed by atoms with Gasteiger partial charge in [0.25, 0.3) is 0 Å². The molecule has 2 saturated carbocycles. The van der Waals surface area contributed by atoms with Crippen LogP contribution in [0.2, 0.25) is 0 Å². The molecule has 3 N–H and O–H groups in total. The van der Waals surface area contributed by atoms with E-state index in [1.54, 1.807) is 0 Å². The lowest BCUT2D eigenvalue weighted by atomic mass is 9.75. The van der Waals surface area contributed by atoms with Crippen LogP contribution in [-0.4, -0.2) is 56.3 Å².